The molecule has 6 rings (SSSR count). The molecule has 1 nitrogen and oxygen atoms in total. The number of aromatic nitrogens is 1. The standard InChI is InChI=1S/C25H17NS/c1-26-20-13-7-5-11-17(20)19-15-22-24(18-12-6-8-14-21(18)27-22)23(25(19)26)16-9-3-2-4-10-16/h2-15H,1H3. The number of para-hydroxylation sites is 1. The van der Waals surface area contributed by atoms with E-state index in [0.29, 0.717) is 0 Å². The Hall–Kier alpha value is -3.10. The molecule has 0 fully saturated rings. The van der Waals surface area contributed by atoms with Crippen molar-refractivity contribution < 1.29 is 0 Å². The van der Waals surface area contributed by atoms with Crippen molar-refractivity contribution >= 4 is 53.3 Å². The van der Waals surface area contributed by atoms with Crippen molar-refractivity contribution in [1.29, 1.82) is 0 Å². The minimum absolute atomic E-state index is 1.28. The fourth-order valence-electron chi connectivity index (χ4n) is 4.43. The molecule has 0 aliphatic rings. The molecule has 0 unspecified atom stereocenters. The summed E-state index contributed by atoms with van der Waals surface area (Å²) in [5, 5.41) is 5.39. The molecule has 2 aromatic heterocycles. The van der Waals surface area contributed by atoms with Crippen LogP contribution in [0.2, 0.25) is 0 Å². The van der Waals surface area contributed by atoms with E-state index in [2.05, 4.69) is 96.5 Å². The summed E-state index contributed by atoms with van der Waals surface area (Å²) in [6.07, 6.45) is 0. The zero-order valence-electron chi connectivity index (χ0n) is 14.9. The Balaban J connectivity index is 1.96. The van der Waals surface area contributed by atoms with Crippen LogP contribution >= 0.6 is 11.3 Å². The predicted molar refractivity (Wildman–Crippen MR) is 119 cm³/mol. The van der Waals surface area contributed by atoms with Gasteiger partial charge in [0.1, 0.15) is 0 Å². The second kappa shape index (κ2) is 5.45. The molecule has 0 bridgehead atoms. The smallest absolute Gasteiger partial charge is 0.0575 e. The third-order valence-electron chi connectivity index (χ3n) is 5.59. The van der Waals surface area contributed by atoms with E-state index in [9.17, 15) is 0 Å². The summed E-state index contributed by atoms with van der Waals surface area (Å²) in [4.78, 5) is 0. The number of rotatable bonds is 1. The van der Waals surface area contributed by atoms with Crippen molar-refractivity contribution in [3.05, 3.63) is 84.9 Å². The van der Waals surface area contributed by atoms with E-state index in [1.54, 1.807) is 0 Å². The fraction of sp³-hybridized carbons (Fsp3) is 0.0400. The number of fused-ring (bicyclic) bond motifs is 6. The third-order valence-corrected chi connectivity index (χ3v) is 6.71. The molecule has 0 atom stereocenters. The van der Waals surface area contributed by atoms with E-state index in [0.717, 1.165) is 0 Å². The highest BCUT2D eigenvalue weighted by Gasteiger charge is 2.19. The quantitative estimate of drug-likeness (QED) is 0.287. The Morgan fingerprint density at radius 2 is 1.37 bits per heavy atom. The van der Waals surface area contributed by atoms with Gasteiger partial charge in [-0.25, -0.2) is 0 Å². The molecule has 0 N–H and O–H groups in total. The van der Waals surface area contributed by atoms with Crippen LogP contribution in [0, 0.1) is 0 Å². The lowest BCUT2D eigenvalue weighted by molar-refractivity contribution is 1.02. The van der Waals surface area contributed by atoms with Crippen LogP contribution in [0.1, 0.15) is 0 Å². The summed E-state index contributed by atoms with van der Waals surface area (Å²) in [5.41, 5.74) is 5.23. The highest BCUT2D eigenvalue weighted by atomic mass is 32.1. The Kier molecular flexibility index (Phi) is 3.03. The molecule has 6 aromatic rings. The van der Waals surface area contributed by atoms with E-state index >= 15 is 0 Å². The van der Waals surface area contributed by atoms with E-state index in [-0.39, 0.29) is 0 Å². The molecule has 2 heterocycles. The van der Waals surface area contributed by atoms with Gasteiger partial charge < -0.3 is 4.57 Å². The van der Waals surface area contributed by atoms with Gasteiger partial charge in [0, 0.05) is 49.1 Å². The zero-order valence-corrected chi connectivity index (χ0v) is 15.8. The molecule has 4 aromatic carbocycles. The molecule has 0 amide bonds. The van der Waals surface area contributed by atoms with Crippen LogP contribution < -0.4 is 0 Å². The molecule has 0 saturated heterocycles. The van der Waals surface area contributed by atoms with Gasteiger partial charge >= 0.3 is 0 Å². The van der Waals surface area contributed by atoms with Crippen LogP contribution in [-0.2, 0) is 7.05 Å². The number of nitrogens with zero attached hydrogens (tertiary/aromatic N) is 1. The lowest BCUT2D eigenvalue weighted by atomic mass is 9.96. The lowest BCUT2D eigenvalue weighted by Gasteiger charge is -2.10. The summed E-state index contributed by atoms with van der Waals surface area (Å²) < 4.78 is 5.07. The Bertz CT molecular complexity index is 1470. The van der Waals surface area contributed by atoms with E-state index < -0.39 is 0 Å². The summed E-state index contributed by atoms with van der Waals surface area (Å²) in [6.45, 7) is 0. The number of hydrogen-bond acceptors (Lipinski definition) is 1. The molecule has 128 valence electrons. The average molecular weight is 363 g/mol. The van der Waals surface area contributed by atoms with Crippen LogP contribution in [0.25, 0.3) is 53.1 Å². The monoisotopic (exact) mass is 363 g/mol. The first-order valence-corrected chi connectivity index (χ1v) is 10.0. The van der Waals surface area contributed by atoms with Gasteiger partial charge in [-0.3, -0.25) is 0 Å². The Morgan fingerprint density at radius 1 is 0.667 bits per heavy atom. The summed E-state index contributed by atoms with van der Waals surface area (Å²) in [6, 6.07) is 30.7. The average Bonchev–Trinajstić information content (AvgIpc) is 3.23. The maximum absolute atomic E-state index is 2.39. The van der Waals surface area contributed by atoms with Gasteiger partial charge in [-0.15, -0.1) is 11.3 Å². The molecule has 0 spiro atoms. The maximum atomic E-state index is 2.39. The molecule has 27 heavy (non-hydrogen) atoms. The van der Waals surface area contributed by atoms with Gasteiger partial charge in [0.2, 0.25) is 0 Å². The molecule has 0 aliphatic heterocycles. The van der Waals surface area contributed by atoms with Crippen LogP contribution in [0.4, 0.5) is 0 Å². The van der Waals surface area contributed by atoms with E-state index in [1.165, 1.54) is 53.1 Å². The molecule has 2 heteroatoms. The lowest BCUT2D eigenvalue weighted by Crippen LogP contribution is -1.90. The Morgan fingerprint density at radius 3 is 2.22 bits per heavy atom. The molecular formula is C25H17NS. The molecular weight excluding hydrogens is 346 g/mol. The normalized spacial score (nSPS) is 11.9. The van der Waals surface area contributed by atoms with Crippen LogP contribution in [-0.4, -0.2) is 4.57 Å². The van der Waals surface area contributed by atoms with Crippen molar-refractivity contribution in [3.63, 3.8) is 0 Å². The summed E-state index contributed by atoms with van der Waals surface area (Å²) in [7, 11) is 2.19. The van der Waals surface area contributed by atoms with Crippen molar-refractivity contribution in [2.24, 2.45) is 7.05 Å². The molecule has 0 radical (unpaired) electrons. The van der Waals surface area contributed by atoms with E-state index in [1.807, 2.05) is 11.3 Å². The Labute approximate surface area is 161 Å². The SMILES string of the molecule is Cn1c2ccccc2c2cc3sc4ccccc4c3c(-c3ccccc3)c21. The first kappa shape index (κ1) is 15.0. The minimum atomic E-state index is 1.28. The van der Waals surface area contributed by atoms with Crippen LogP contribution in [0.5, 0.6) is 0 Å². The van der Waals surface area contributed by atoms with Crippen molar-refractivity contribution in [3.8, 4) is 11.1 Å². The second-order valence-corrected chi connectivity index (χ2v) is 8.15. The second-order valence-electron chi connectivity index (χ2n) is 7.06. The minimum Gasteiger partial charge on any atom is -0.343 e. The highest BCUT2D eigenvalue weighted by molar-refractivity contribution is 7.26. The van der Waals surface area contributed by atoms with Gasteiger partial charge in [-0.1, -0.05) is 66.7 Å². The zero-order chi connectivity index (χ0) is 18.0. The number of aryl methyl sites for hydroxylation is 1. The van der Waals surface area contributed by atoms with E-state index in [4.69, 9.17) is 0 Å². The number of benzene rings is 4. The van der Waals surface area contributed by atoms with Crippen molar-refractivity contribution in [2.75, 3.05) is 0 Å². The van der Waals surface area contributed by atoms with Gasteiger partial charge in [-0.05, 0) is 23.8 Å². The first-order chi connectivity index (χ1) is 13.3. The van der Waals surface area contributed by atoms with Crippen LogP contribution in [0.15, 0.2) is 84.9 Å². The topological polar surface area (TPSA) is 4.93 Å². The predicted octanol–water partition coefficient (Wildman–Crippen LogP) is 7.37. The molecule has 0 aliphatic carbocycles. The first-order valence-electron chi connectivity index (χ1n) is 9.20. The van der Waals surface area contributed by atoms with Gasteiger partial charge in [-0.2, -0.15) is 0 Å². The van der Waals surface area contributed by atoms with Gasteiger partial charge in [0.05, 0.1) is 5.52 Å². The van der Waals surface area contributed by atoms with Crippen LogP contribution in [0.3, 0.4) is 0 Å². The fourth-order valence-corrected chi connectivity index (χ4v) is 5.58. The van der Waals surface area contributed by atoms with Crippen molar-refractivity contribution in [1.82, 2.24) is 4.57 Å². The van der Waals surface area contributed by atoms with Crippen molar-refractivity contribution in [2.45, 2.75) is 0 Å². The third kappa shape index (κ3) is 1.99. The van der Waals surface area contributed by atoms with Gasteiger partial charge in [0.25, 0.3) is 0 Å². The largest absolute Gasteiger partial charge is 0.343 e. The maximum Gasteiger partial charge on any atom is 0.0575 e. The summed E-state index contributed by atoms with van der Waals surface area (Å²) >= 11 is 1.89. The molecule has 0 saturated carbocycles. The number of hydrogen-bond donors (Lipinski definition) is 0. The summed E-state index contributed by atoms with van der Waals surface area (Å²) in [5.74, 6) is 0. The number of thiophene rings is 1. The van der Waals surface area contributed by atoms with Gasteiger partial charge in [0.15, 0.2) is 0 Å². The highest BCUT2D eigenvalue weighted by Crippen LogP contribution is 2.46.